The highest BCUT2D eigenvalue weighted by molar-refractivity contribution is 5.95. The molecule has 0 heterocycles. The van der Waals surface area contributed by atoms with Crippen molar-refractivity contribution in [3.63, 3.8) is 0 Å². The number of amides is 1. The maximum atomic E-state index is 11.6. The summed E-state index contributed by atoms with van der Waals surface area (Å²) in [6.07, 6.45) is 0.921. The first-order valence-electron chi connectivity index (χ1n) is 5.32. The first kappa shape index (κ1) is 11.7. The number of carbonyl (C=O) groups excluding carboxylic acids is 1. The topological polar surface area (TPSA) is 46.3 Å². The molecule has 0 radical (unpaired) electrons. The molecule has 0 fully saturated rings. The predicted molar refractivity (Wildman–Crippen MR) is 62.9 cm³/mol. The maximum absolute atomic E-state index is 11.6. The van der Waals surface area contributed by atoms with E-state index in [9.17, 15) is 4.79 Å². The molecule has 3 nitrogen and oxygen atoms in total. The van der Waals surface area contributed by atoms with Gasteiger partial charge in [0.05, 0.1) is 6.54 Å². The Bertz CT molecular complexity index is 336. The van der Waals surface area contributed by atoms with Crippen LogP contribution in [0.4, 0.5) is 5.69 Å². The molecule has 0 aliphatic rings. The summed E-state index contributed by atoms with van der Waals surface area (Å²) in [6.45, 7) is 4.76. The number of nitrogens with zero attached hydrogens (tertiary/aromatic N) is 1. The van der Waals surface area contributed by atoms with E-state index in [1.165, 1.54) is 5.56 Å². The molecular weight excluding hydrogens is 188 g/mol. The van der Waals surface area contributed by atoms with Crippen LogP contribution in [0.15, 0.2) is 24.3 Å². The fraction of sp³-hybridized carbons (Fsp3) is 0.417. The van der Waals surface area contributed by atoms with Gasteiger partial charge in [-0.2, -0.15) is 0 Å². The van der Waals surface area contributed by atoms with Gasteiger partial charge in [-0.05, 0) is 25.0 Å². The molecule has 82 valence electrons. The van der Waals surface area contributed by atoms with Gasteiger partial charge in [0.2, 0.25) is 5.91 Å². The molecule has 0 aromatic heterocycles. The van der Waals surface area contributed by atoms with Crippen molar-refractivity contribution in [3.8, 4) is 0 Å². The average Bonchev–Trinajstić information content (AvgIpc) is 2.30. The first-order valence-corrected chi connectivity index (χ1v) is 5.32. The minimum Gasteiger partial charge on any atom is -0.322 e. The van der Waals surface area contributed by atoms with Crippen molar-refractivity contribution >= 4 is 11.6 Å². The zero-order valence-electron chi connectivity index (χ0n) is 9.36. The zero-order valence-corrected chi connectivity index (χ0v) is 9.36. The number of para-hydroxylation sites is 1. The average molecular weight is 206 g/mol. The third-order valence-electron chi connectivity index (χ3n) is 2.46. The molecular formula is C12H18N2O. The van der Waals surface area contributed by atoms with Crippen LogP contribution >= 0.6 is 0 Å². The lowest BCUT2D eigenvalue weighted by molar-refractivity contribution is -0.117. The van der Waals surface area contributed by atoms with E-state index in [2.05, 4.69) is 6.92 Å². The van der Waals surface area contributed by atoms with Gasteiger partial charge in [0.1, 0.15) is 0 Å². The molecule has 0 aliphatic carbocycles. The molecule has 2 N–H and O–H groups in total. The number of hydrogen-bond acceptors (Lipinski definition) is 2. The Morgan fingerprint density at radius 2 is 2.00 bits per heavy atom. The van der Waals surface area contributed by atoms with Crippen LogP contribution < -0.4 is 10.6 Å². The lowest BCUT2D eigenvalue weighted by Crippen LogP contribution is -2.36. The lowest BCUT2D eigenvalue weighted by atomic mass is 10.1. The van der Waals surface area contributed by atoms with Gasteiger partial charge < -0.3 is 10.6 Å². The Morgan fingerprint density at radius 3 is 2.53 bits per heavy atom. The number of anilines is 1. The summed E-state index contributed by atoms with van der Waals surface area (Å²) in [5.41, 5.74) is 7.55. The zero-order chi connectivity index (χ0) is 11.3. The minimum absolute atomic E-state index is 0.0293. The van der Waals surface area contributed by atoms with Crippen LogP contribution in [0.5, 0.6) is 0 Å². The molecule has 0 saturated heterocycles. The standard InChI is InChI=1S/C12H18N2O/c1-3-10-7-5-6-8-11(10)14(4-2)12(15)9-13/h5-8H,3-4,9,13H2,1-2H3. The molecule has 0 bridgehead atoms. The quantitative estimate of drug-likeness (QED) is 0.812. The molecule has 1 aromatic rings. The second-order valence-electron chi connectivity index (χ2n) is 3.32. The number of benzene rings is 1. The molecule has 1 rings (SSSR count). The van der Waals surface area contributed by atoms with E-state index >= 15 is 0 Å². The van der Waals surface area contributed by atoms with Crippen LogP contribution in [0.25, 0.3) is 0 Å². The van der Waals surface area contributed by atoms with Crippen molar-refractivity contribution in [1.82, 2.24) is 0 Å². The fourth-order valence-electron chi connectivity index (χ4n) is 1.66. The van der Waals surface area contributed by atoms with Crippen molar-refractivity contribution in [2.24, 2.45) is 5.73 Å². The fourth-order valence-corrected chi connectivity index (χ4v) is 1.66. The van der Waals surface area contributed by atoms with Crippen LogP contribution in [0.3, 0.4) is 0 Å². The van der Waals surface area contributed by atoms with Crippen molar-refractivity contribution in [3.05, 3.63) is 29.8 Å². The summed E-state index contributed by atoms with van der Waals surface area (Å²) in [6, 6.07) is 7.95. The van der Waals surface area contributed by atoms with E-state index < -0.39 is 0 Å². The van der Waals surface area contributed by atoms with Crippen LogP contribution in [0, 0.1) is 0 Å². The van der Waals surface area contributed by atoms with E-state index in [0.29, 0.717) is 6.54 Å². The number of aryl methyl sites for hydroxylation is 1. The van der Waals surface area contributed by atoms with Crippen LogP contribution in [0.1, 0.15) is 19.4 Å². The van der Waals surface area contributed by atoms with E-state index in [4.69, 9.17) is 5.73 Å². The summed E-state index contributed by atoms with van der Waals surface area (Å²) < 4.78 is 0. The molecule has 0 spiro atoms. The first-order chi connectivity index (χ1) is 7.24. The summed E-state index contributed by atoms with van der Waals surface area (Å²) in [5, 5.41) is 0. The Labute approximate surface area is 90.9 Å². The molecule has 3 heteroatoms. The van der Waals surface area contributed by atoms with Gasteiger partial charge in [0.25, 0.3) is 0 Å². The number of likely N-dealkylation sites (N-methyl/N-ethyl adjacent to an activating group) is 1. The predicted octanol–water partition coefficient (Wildman–Crippen LogP) is 1.56. The van der Waals surface area contributed by atoms with Gasteiger partial charge in [-0.25, -0.2) is 0 Å². The van der Waals surface area contributed by atoms with E-state index in [0.717, 1.165) is 12.1 Å². The summed E-state index contributed by atoms with van der Waals surface area (Å²) >= 11 is 0. The monoisotopic (exact) mass is 206 g/mol. The van der Waals surface area contributed by atoms with Crippen LogP contribution in [0.2, 0.25) is 0 Å². The van der Waals surface area contributed by atoms with E-state index in [-0.39, 0.29) is 12.5 Å². The summed E-state index contributed by atoms with van der Waals surface area (Å²) in [7, 11) is 0. The van der Waals surface area contributed by atoms with Crippen LogP contribution in [-0.4, -0.2) is 19.0 Å². The molecule has 0 aliphatic heterocycles. The van der Waals surface area contributed by atoms with Gasteiger partial charge in [-0.15, -0.1) is 0 Å². The molecule has 1 aromatic carbocycles. The molecule has 0 saturated carbocycles. The highest BCUT2D eigenvalue weighted by Crippen LogP contribution is 2.20. The summed E-state index contributed by atoms with van der Waals surface area (Å²) in [4.78, 5) is 13.3. The molecule has 1 amide bonds. The smallest absolute Gasteiger partial charge is 0.240 e. The van der Waals surface area contributed by atoms with Crippen molar-refractivity contribution < 1.29 is 4.79 Å². The molecule has 0 unspecified atom stereocenters. The van der Waals surface area contributed by atoms with Crippen molar-refractivity contribution in [1.29, 1.82) is 0 Å². The van der Waals surface area contributed by atoms with E-state index in [1.54, 1.807) is 4.90 Å². The largest absolute Gasteiger partial charge is 0.322 e. The van der Waals surface area contributed by atoms with Gasteiger partial charge in [0.15, 0.2) is 0 Å². The Hall–Kier alpha value is -1.35. The third-order valence-corrected chi connectivity index (χ3v) is 2.46. The highest BCUT2D eigenvalue weighted by atomic mass is 16.2. The van der Waals surface area contributed by atoms with Gasteiger partial charge in [-0.3, -0.25) is 4.79 Å². The molecule has 15 heavy (non-hydrogen) atoms. The third kappa shape index (κ3) is 2.57. The SMILES string of the molecule is CCc1ccccc1N(CC)C(=O)CN. The maximum Gasteiger partial charge on any atom is 0.240 e. The van der Waals surface area contributed by atoms with Gasteiger partial charge >= 0.3 is 0 Å². The highest BCUT2D eigenvalue weighted by Gasteiger charge is 2.14. The number of nitrogens with two attached hydrogens (primary N) is 1. The Balaban J connectivity index is 3.05. The van der Waals surface area contributed by atoms with Crippen LogP contribution in [-0.2, 0) is 11.2 Å². The Morgan fingerprint density at radius 1 is 1.33 bits per heavy atom. The van der Waals surface area contributed by atoms with Gasteiger partial charge in [-0.1, -0.05) is 25.1 Å². The second-order valence-corrected chi connectivity index (χ2v) is 3.32. The summed E-state index contributed by atoms with van der Waals surface area (Å²) in [5.74, 6) is -0.0293. The van der Waals surface area contributed by atoms with Crippen molar-refractivity contribution in [2.75, 3.05) is 18.0 Å². The van der Waals surface area contributed by atoms with Gasteiger partial charge in [0, 0.05) is 12.2 Å². The Kier molecular flexibility index (Phi) is 4.31. The normalized spacial score (nSPS) is 10.1. The van der Waals surface area contributed by atoms with Crippen molar-refractivity contribution in [2.45, 2.75) is 20.3 Å². The molecule has 0 atom stereocenters. The minimum atomic E-state index is -0.0293. The number of carbonyl (C=O) groups is 1. The number of hydrogen-bond donors (Lipinski definition) is 1. The second kappa shape index (κ2) is 5.51. The lowest BCUT2D eigenvalue weighted by Gasteiger charge is -2.22. The van der Waals surface area contributed by atoms with E-state index in [1.807, 2.05) is 31.2 Å². The number of rotatable bonds is 4.